The molecule has 1 amide bonds. The van der Waals surface area contributed by atoms with Crippen LogP contribution in [0.3, 0.4) is 0 Å². The van der Waals surface area contributed by atoms with Crippen LogP contribution in [0.5, 0.6) is 0 Å². The maximum Gasteiger partial charge on any atom is 0.303 e. The zero-order valence-corrected chi connectivity index (χ0v) is 15.2. The number of nitrogens with one attached hydrogen (secondary N) is 1. The average Bonchev–Trinajstić information content (AvgIpc) is 2.61. The van der Waals surface area contributed by atoms with Gasteiger partial charge in [0.15, 0.2) is 0 Å². The fourth-order valence-corrected chi connectivity index (χ4v) is 2.33. The first-order chi connectivity index (χ1) is 12.3. The number of carbonyl (C=O) groups excluding carboxylic acids is 1. The number of carboxylic acids is 1. The number of carbonyl (C=O) groups is 2. The third-order valence-electron chi connectivity index (χ3n) is 3.88. The molecule has 2 aromatic rings. The predicted molar refractivity (Wildman–Crippen MR) is 100 cm³/mol. The first-order valence-corrected chi connectivity index (χ1v) is 8.37. The highest BCUT2D eigenvalue weighted by Crippen LogP contribution is 2.22. The van der Waals surface area contributed by atoms with Crippen molar-refractivity contribution in [2.75, 3.05) is 0 Å². The molecule has 0 saturated carbocycles. The van der Waals surface area contributed by atoms with Crippen molar-refractivity contribution in [2.24, 2.45) is 5.10 Å². The van der Waals surface area contributed by atoms with Gasteiger partial charge in [0.2, 0.25) is 0 Å². The molecule has 0 aliphatic carbocycles. The third-order valence-corrected chi connectivity index (χ3v) is 3.88. The molecule has 0 bridgehead atoms. The van der Waals surface area contributed by atoms with Crippen molar-refractivity contribution in [3.05, 3.63) is 65.5 Å². The molecule has 0 atom stereocenters. The lowest BCUT2D eigenvalue weighted by atomic mass is 9.86. The smallest absolute Gasteiger partial charge is 0.303 e. The number of benzene rings is 1. The molecule has 26 heavy (non-hydrogen) atoms. The fourth-order valence-electron chi connectivity index (χ4n) is 2.33. The third kappa shape index (κ3) is 5.51. The Morgan fingerprint density at radius 2 is 1.77 bits per heavy atom. The predicted octanol–water partition coefficient (Wildman–Crippen LogP) is 3.38. The van der Waals surface area contributed by atoms with Crippen LogP contribution >= 0.6 is 0 Å². The minimum Gasteiger partial charge on any atom is -0.481 e. The standard InChI is InChI=1S/C20H23N3O3/c1-20(2,3)16-8-6-14(7-9-16)17(10-11-18(24)25)22-23-19(26)15-5-4-12-21-13-15/h4-9,12-13H,10-11H2,1-3H3,(H,23,26)(H,24,25)/b22-17-. The van der Waals surface area contributed by atoms with E-state index in [9.17, 15) is 9.59 Å². The number of hydrazone groups is 1. The average molecular weight is 353 g/mol. The minimum atomic E-state index is -0.914. The monoisotopic (exact) mass is 353 g/mol. The van der Waals surface area contributed by atoms with Gasteiger partial charge in [-0.05, 0) is 28.7 Å². The summed E-state index contributed by atoms with van der Waals surface area (Å²) in [7, 11) is 0. The first kappa shape index (κ1) is 19.3. The molecule has 0 saturated heterocycles. The van der Waals surface area contributed by atoms with Gasteiger partial charge in [-0.15, -0.1) is 0 Å². The molecule has 6 heteroatoms. The molecule has 0 aliphatic heterocycles. The van der Waals surface area contributed by atoms with E-state index in [4.69, 9.17) is 5.11 Å². The van der Waals surface area contributed by atoms with Crippen molar-refractivity contribution in [3.8, 4) is 0 Å². The number of nitrogens with zero attached hydrogens (tertiary/aromatic N) is 2. The summed E-state index contributed by atoms with van der Waals surface area (Å²) in [5, 5.41) is 13.1. The number of hydrogen-bond acceptors (Lipinski definition) is 4. The summed E-state index contributed by atoms with van der Waals surface area (Å²) in [5.74, 6) is -1.31. The number of hydrogen-bond donors (Lipinski definition) is 2. The lowest BCUT2D eigenvalue weighted by molar-refractivity contribution is -0.136. The van der Waals surface area contributed by atoms with Crippen molar-refractivity contribution in [2.45, 2.75) is 39.0 Å². The van der Waals surface area contributed by atoms with Crippen LogP contribution in [0.1, 0.15) is 55.1 Å². The van der Waals surface area contributed by atoms with Crippen LogP contribution in [0, 0.1) is 0 Å². The van der Waals surface area contributed by atoms with Gasteiger partial charge in [0.05, 0.1) is 17.7 Å². The van der Waals surface area contributed by atoms with Gasteiger partial charge in [-0.2, -0.15) is 5.10 Å². The second-order valence-corrected chi connectivity index (χ2v) is 6.96. The van der Waals surface area contributed by atoms with Gasteiger partial charge in [-0.1, -0.05) is 45.0 Å². The van der Waals surface area contributed by atoms with Crippen LogP contribution in [0.25, 0.3) is 0 Å². The number of pyridine rings is 1. The van der Waals surface area contributed by atoms with Crippen molar-refractivity contribution in [1.29, 1.82) is 0 Å². The molecular weight excluding hydrogens is 330 g/mol. The molecule has 136 valence electrons. The van der Waals surface area contributed by atoms with Gasteiger partial charge in [-0.3, -0.25) is 14.6 Å². The topological polar surface area (TPSA) is 91.6 Å². The van der Waals surface area contributed by atoms with Crippen molar-refractivity contribution < 1.29 is 14.7 Å². The Morgan fingerprint density at radius 1 is 1.08 bits per heavy atom. The summed E-state index contributed by atoms with van der Waals surface area (Å²) >= 11 is 0. The molecule has 6 nitrogen and oxygen atoms in total. The van der Waals surface area contributed by atoms with E-state index in [1.807, 2.05) is 24.3 Å². The molecule has 0 fully saturated rings. The van der Waals surface area contributed by atoms with Crippen LogP contribution in [0.2, 0.25) is 0 Å². The highest BCUT2D eigenvalue weighted by Gasteiger charge is 2.15. The highest BCUT2D eigenvalue weighted by atomic mass is 16.4. The summed E-state index contributed by atoms with van der Waals surface area (Å²) in [4.78, 5) is 27.0. The molecule has 0 spiro atoms. The largest absolute Gasteiger partial charge is 0.481 e. The molecular formula is C20H23N3O3. The Hall–Kier alpha value is -3.02. The van der Waals surface area contributed by atoms with E-state index in [-0.39, 0.29) is 18.3 Å². The van der Waals surface area contributed by atoms with Crippen LogP contribution in [0.4, 0.5) is 0 Å². The van der Waals surface area contributed by atoms with Gasteiger partial charge in [0.1, 0.15) is 0 Å². The maximum absolute atomic E-state index is 12.1. The van der Waals surface area contributed by atoms with Crippen LogP contribution in [-0.2, 0) is 10.2 Å². The van der Waals surface area contributed by atoms with E-state index >= 15 is 0 Å². The molecule has 1 aromatic carbocycles. The van der Waals surface area contributed by atoms with Crippen LogP contribution in [0.15, 0.2) is 53.9 Å². The van der Waals surface area contributed by atoms with E-state index in [0.717, 1.165) is 5.56 Å². The number of aliphatic carboxylic acids is 1. The van der Waals surface area contributed by atoms with Gasteiger partial charge >= 0.3 is 5.97 Å². The molecule has 2 rings (SSSR count). The number of amides is 1. The molecule has 2 N–H and O–H groups in total. The molecule has 0 aliphatic rings. The highest BCUT2D eigenvalue weighted by molar-refractivity contribution is 6.03. The number of carboxylic acid groups (broad SMARTS) is 1. The second kappa shape index (κ2) is 8.38. The van der Waals surface area contributed by atoms with E-state index < -0.39 is 11.9 Å². The summed E-state index contributed by atoms with van der Waals surface area (Å²) in [6.07, 6.45) is 3.18. The Bertz CT molecular complexity index is 791. The molecule has 1 heterocycles. The Morgan fingerprint density at radius 3 is 2.31 bits per heavy atom. The van der Waals surface area contributed by atoms with Crippen molar-refractivity contribution in [1.82, 2.24) is 10.4 Å². The van der Waals surface area contributed by atoms with E-state index in [0.29, 0.717) is 11.3 Å². The normalized spacial score (nSPS) is 11.9. The lowest BCUT2D eigenvalue weighted by Gasteiger charge is -2.19. The molecule has 0 radical (unpaired) electrons. The zero-order chi connectivity index (χ0) is 19.2. The van der Waals surface area contributed by atoms with Crippen molar-refractivity contribution in [3.63, 3.8) is 0 Å². The van der Waals surface area contributed by atoms with Crippen molar-refractivity contribution >= 4 is 17.6 Å². The van der Waals surface area contributed by atoms with E-state index in [2.05, 4.69) is 36.3 Å². The van der Waals surface area contributed by atoms with Gasteiger partial charge in [0.25, 0.3) is 5.91 Å². The Labute approximate surface area is 153 Å². The SMILES string of the molecule is CC(C)(C)c1ccc(/C(CCC(=O)O)=N\NC(=O)c2cccnc2)cc1. The van der Waals surface area contributed by atoms with E-state index in [1.54, 1.807) is 18.3 Å². The number of rotatable bonds is 6. The Kier molecular flexibility index (Phi) is 6.22. The van der Waals surface area contributed by atoms with Crippen LogP contribution in [-0.4, -0.2) is 27.7 Å². The Balaban J connectivity index is 2.22. The quantitative estimate of drug-likeness (QED) is 0.615. The summed E-state index contributed by atoms with van der Waals surface area (Å²) < 4.78 is 0. The summed E-state index contributed by atoms with van der Waals surface area (Å²) in [6.45, 7) is 6.36. The molecule has 0 unspecified atom stereocenters. The number of aromatic nitrogens is 1. The summed E-state index contributed by atoms with van der Waals surface area (Å²) in [5.41, 5.74) is 5.35. The second-order valence-electron chi connectivity index (χ2n) is 6.96. The zero-order valence-electron chi connectivity index (χ0n) is 15.2. The first-order valence-electron chi connectivity index (χ1n) is 8.37. The van der Waals surface area contributed by atoms with Gasteiger partial charge in [0, 0.05) is 18.8 Å². The molecule has 1 aromatic heterocycles. The maximum atomic E-state index is 12.1. The van der Waals surface area contributed by atoms with E-state index in [1.165, 1.54) is 11.8 Å². The van der Waals surface area contributed by atoms with Gasteiger partial charge < -0.3 is 5.11 Å². The lowest BCUT2D eigenvalue weighted by Crippen LogP contribution is -2.21. The minimum absolute atomic E-state index is 0.0193. The fraction of sp³-hybridized carbons (Fsp3) is 0.300. The summed E-state index contributed by atoms with van der Waals surface area (Å²) in [6, 6.07) is 11.1. The van der Waals surface area contributed by atoms with Gasteiger partial charge in [-0.25, -0.2) is 5.43 Å². The van der Waals surface area contributed by atoms with Crippen LogP contribution < -0.4 is 5.43 Å².